The Bertz CT molecular complexity index is 3960. The van der Waals surface area contributed by atoms with Crippen LogP contribution in [0.5, 0.6) is 0 Å². The highest BCUT2D eigenvalue weighted by Crippen LogP contribution is 2.30. The van der Waals surface area contributed by atoms with Gasteiger partial charge in [0.15, 0.2) is 22.9 Å². The average molecular weight is 1070 g/mol. The molecule has 2 fully saturated rings. The number of anilines is 3. The van der Waals surface area contributed by atoms with Gasteiger partial charge in [0.2, 0.25) is 0 Å². The smallest absolute Gasteiger partial charge is 0.266 e. The van der Waals surface area contributed by atoms with Crippen LogP contribution in [0, 0.1) is 5.82 Å². The molecule has 2 saturated heterocycles. The van der Waals surface area contributed by atoms with Crippen LogP contribution in [-0.2, 0) is 0 Å². The minimum absolute atomic E-state index is 0.0142. The molecular formula is C58H61FN16O4. The number of para-hydroxylation sites is 2. The van der Waals surface area contributed by atoms with Crippen LogP contribution in [0.3, 0.4) is 0 Å². The van der Waals surface area contributed by atoms with E-state index in [-0.39, 0.29) is 33.7 Å². The quantitative estimate of drug-likeness (QED) is 0.118. The first-order valence-corrected chi connectivity index (χ1v) is 26.0. The van der Waals surface area contributed by atoms with Gasteiger partial charge in [-0.05, 0) is 99.4 Å². The molecule has 0 aliphatic carbocycles. The molecule has 404 valence electrons. The summed E-state index contributed by atoms with van der Waals surface area (Å²) in [6.45, 7) is 11.9. The lowest BCUT2D eigenvalue weighted by Gasteiger charge is -2.34. The minimum Gasteiger partial charge on any atom is -0.381 e. The van der Waals surface area contributed by atoms with E-state index in [0.717, 1.165) is 56.0 Å². The largest absolute Gasteiger partial charge is 0.381 e. The normalized spacial score (nSPS) is 14.8. The zero-order valence-electron chi connectivity index (χ0n) is 44.3. The lowest BCUT2D eigenvalue weighted by Crippen LogP contribution is -2.45. The summed E-state index contributed by atoms with van der Waals surface area (Å²) < 4.78 is 20.6. The number of carbonyl (C=O) groups excluding carboxylic acids is 2. The molecule has 7 N–H and O–H groups in total. The van der Waals surface area contributed by atoms with Gasteiger partial charge in [-0.25, -0.2) is 23.4 Å². The maximum atomic E-state index is 14.6. The fraction of sp³-hybridized carbons (Fsp3) is 0.241. The van der Waals surface area contributed by atoms with Crippen molar-refractivity contribution in [2.45, 2.75) is 25.9 Å². The second-order valence-electron chi connectivity index (χ2n) is 19.6. The highest BCUT2D eigenvalue weighted by atomic mass is 19.1. The summed E-state index contributed by atoms with van der Waals surface area (Å²) in [4.78, 5) is 69.6. The molecule has 79 heavy (non-hydrogen) atoms. The molecule has 4 aromatic carbocycles. The van der Waals surface area contributed by atoms with E-state index >= 15 is 0 Å². The van der Waals surface area contributed by atoms with Gasteiger partial charge in [-0.2, -0.15) is 0 Å². The van der Waals surface area contributed by atoms with Gasteiger partial charge in [0, 0.05) is 99.9 Å². The number of hydrogen-bond acceptors (Lipinski definition) is 14. The predicted octanol–water partition coefficient (Wildman–Crippen LogP) is 5.63. The average Bonchev–Trinajstić information content (AvgIpc) is 4.18. The third kappa shape index (κ3) is 11.0. The number of nitrogens with one attached hydrogen (secondary N) is 3. The molecule has 0 bridgehead atoms. The van der Waals surface area contributed by atoms with E-state index in [0.29, 0.717) is 39.1 Å². The van der Waals surface area contributed by atoms with Crippen LogP contribution in [0.15, 0.2) is 156 Å². The van der Waals surface area contributed by atoms with E-state index in [1.54, 1.807) is 90.9 Å². The number of aromatic nitrogens is 8. The SMILES string of the molecule is CN1CCNCC1.C[C@H](NC(=O)c1c(N)nn2cccnc12)c1cc2cccc(F)c2c(=O)n1-c1ccccc1.C[C@H](NC(=O)c1c(N)nn2cccnc12)c1cc2cccc(N3CCN(C)CC3)c2c(=O)n1-c1ccccc1. The number of pyridine rings is 2. The molecule has 0 saturated carbocycles. The number of carbonyl (C=O) groups is 2. The number of nitrogens with two attached hydrogens (primary N) is 2. The van der Waals surface area contributed by atoms with E-state index in [4.69, 9.17) is 11.5 Å². The number of fused-ring (bicyclic) bond motifs is 4. The van der Waals surface area contributed by atoms with Crippen molar-refractivity contribution in [3.8, 4) is 11.4 Å². The van der Waals surface area contributed by atoms with Crippen LogP contribution in [0.1, 0.15) is 58.0 Å². The number of amides is 2. The molecule has 21 heteroatoms. The Morgan fingerprint density at radius 3 is 1.52 bits per heavy atom. The van der Waals surface area contributed by atoms with E-state index in [1.807, 2.05) is 67.6 Å². The number of nitrogens with zero attached hydrogens (tertiary/aromatic N) is 11. The summed E-state index contributed by atoms with van der Waals surface area (Å²) in [7, 11) is 4.27. The molecule has 0 spiro atoms. The number of piperazine rings is 2. The number of halogens is 1. The van der Waals surface area contributed by atoms with Crippen LogP contribution in [-0.4, -0.2) is 126 Å². The van der Waals surface area contributed by atoms with Crippen molar-refractivity contribution in [1.29, 1.82) is 0 Å². The third-order valence-corrected chi connectivity index (χ3v) is 14.2. The van der Waals surface area contributed by atoms with Crippen LogP contribution in [0.2, 0.25) is 0 Å². The maximum absolute atomic E-state index is 14.6. The number of likely N-dealkylation sites (N-methyl/N-ethyl adjacent to an activating group) is 2. The van der Waals surface area contributed by atoms with Gasteiger partial charge in [0.1, 0.15) is 16.9 Å². The lowest BCUT2D eigenvalue weighted by molar-refractivity contribution is 0.0932. The Morgan fingerprint density at radius 1 is 0.582 bits per heavy atom. The molecular weight excluding hydrogens is 1000 g/mol. The topological polar surface area (TPSA) is 236 Å². The first kappa shape index (κ1) is 53.1. The van der Waals surface area contributed by atoms with Crippen molar-refractivity contribution in [1.82, 2.24) is 64.1 Å². The number of benzene rings is 4. The van der Waals surface area contributed by atoms with Crippen molar-refractivity contribution in [3.05, 3.63) is 195 Å². The summed E-state index contributed by atoms with van der Waals surface area (Å²) in [5, 5.41) is 19.4. The second-order valence-corrected chi connectivity index (χ2v) is 19.6. The van der Waals surface area contributed by atoms with Crippen molar-refractivity contribution >= 4 is 62.0 Å². The van der Waals surface area contributed by atoms with Crippen LogP contribution >= 0.6 is 0 Å². The molecule has 8 heterocycles. The van der Waals surface area contributed by atoms with E-state index in [2.05, 4.69) is 64.9 Å². The Morgan fingerprint density at radius 2 is 1.04 bits per heavy atom. The summed E-state index contributed by atoms with van der Waals surface area (Å²) in [6, 6.07) is 34.8. The second kappa shape index (κ2) is 23.1. The Kier molecular flexibility index (Phi) is 15.5. The highest BCUT2D eigenvalue weighted by Gasteiger charge is 2.27. The molecule has 10 aromatic rings. The minimum atomic E-state index is -0.629. The van der Waals surface area contributed by atoms with Gasteiger partial charge in [0.05, 0.1) is 28.5 Å². The van der Waals surface area contributed by atoms with Crippen LogP contribution < -0.4 is 43.4 Å². The zero-order valence-corrected chi connectivity index (χ0v) is 44.3. The van der Waals surface area contributed by atoms with E-state index in [9.17, 15) is 23.6 Å². The molecule has 0 unspecified atom stereocenters. The zero-order chi connectivity index (χ0) is 55.3. The predicted molar refractivity (Wildman–Crippen MR) is 306 cm³/mol. The summed E-state index contributed by atoms with van der Waals surface area (Å²) in [5.41, 5.74) is 15.8. The van der Waals surface area contributed by atoms with Crippen molar-refractivity contribution in [2.24, 2.45) is 0 Å². The third-order valence-electron chi connectivity index (χ3n) is 14.2. The molecule has 2 aliphatic heterocycles. The van der Waals surface area contributed by atoms with Gasteiger partial charge in [-0.15, -0.1) is 10.2 Å². The highest BCUT2D eigenvalue weighted by molar-refractivity contribution is 6.05. The molecule has 20 nitrogen and oxygen atoms in total. The van der Waals surface area contributed by atoms with Crippen LogP contribution in [0.25, 0.3) is 44.2 Å². The molecule has 6 aromatic heterocycles. The maximum Gasteiger partial charge on any atom is 0.266 e. The van der Waals surface area contributed by atoms with E-state index < -0.39 is 35.3 Å². The number of hydrogen-bond donors (Lipinski definition) is 5. The van der Waals surface area contributed by atoms with Crippen LogP contribution in [0.4, 0.5) is 21.7 Å². The first-order valence-electron chi connectivity index (χ1n) is 26.0. The van der Waals surface area contributed by atoms with Gasteiger partial charge in [-0.3, -0.25) is 28.3 Å². The molecule has 12 rings (SSSR count). The Hall–Kier alpha value is -9.31. The fourth-order valence-electron chi connectivity index (χ4n) is 10.0. The Labute approximate surface area is 453 Å². The monoisotopic (exact) mass is 1060 g/mol. The molecule has 2 atom stereocenters. The Balaban J connectivity index is 0.000000160. The first-order chi connectivity index (χ1) is 38.3. The van der Waals surface area contributed by atoms with Crippen molar-refractivity contribution < 1.29 is 14.0 Å². The summed E-state index contributed by atoms with van der Waals surface area (Å²) in [5.74, 6) is -1.36. The van der Waals surface area contributed by atoms with Crippen molar-refractivity contribution in [3.63, 3.8) is 0 Å². The number of rotatable bonds is 9. The lowest BCUT2D eigenvalue weighted by atomic mass is 10.0. The van der Waals surface area contributed by atoms with E-state index in [1.165, 1.54) is 32.8 Å². The fourth-order valence-corrected chi connectivity index (χ4v) is 10.0. The van der Waals surface area contributed by atoms with Crippen molar-refractivity contribution in [2.75, 3.05) is 82.8 Å². The van der Waals surface area contributed by atoms with Gasteiger partial charge < -0.3 is 42.1 Å². The molecule has 2 aliphatic rings. The number of nitrogen functional groups attached to an aromatic ring is 2. The van der Waals surface area contributed by atoms with Gasteiger partial charge in [-0.1, -0.05) is 60.7 Å². The standard InChI is InChI=1S/C29H30N8O2.C24H19FN6O2.C5H12N2/c1-19(32-28(38)25-26(30)33-36-13-7-12-31-27(25)36)23-18-20-8-6-11-22(35-16-14-34(2)15-17-35)24(20)29(39)37(23)21-9-4-3-5-10-21;1-14(28-23(32)20-21(26)29-30-12-6-11-27-22(20)30)18-13-15-7-5-10-17(25)19(15)24(33)31(18)16-8-3-2-4-9-16;1-7-4-2-6-3-5-7/h3-13,18-19H,14-17H2,1-2H3,(H2,30,33)(H,32,38);2-14H,1H3,(H2,26,29)(H,28,32);6H,2-5H2,1H3/t19-;14-;/m00./s1. The summed E-state index contributed by atoms with van der Waals surface area (Å²) in [6.07, 6.45) is 6.46. The molecule has 2 amide bonds. The molecule has 0 radical (unpaired) electrons. The van der Waals surface area contributed by atoms with Gasteiger partial charge >= 0.3 is 0 Å². The van der Waals surface area contributed by atoms with Gasteiger partial charge in [0.25, 0.3) is 22.9 Å². The summed E-state index contributed by atoms with van der Waals surface area (Å²) >= 11 is 0.